The number of hydrogen-bond acceptors (Lipinski definition) is 5. The highest BCUT2D eigenvalue weighted by Crippen LogP contribution is 2.40. The van der Waals surface area contributed by atoms with Crippen molar-refractivity contribution < 1.29 is 19.1 Å². The van der Waals surface area contributed by atoms with Gasteiger partial charge in [0.15, 0.2) is 5.92 Å². The summed E-state index contributed by atoms with van der Waals surface area (Å²) in [5.74, 6) is -2.14. The van der Waals surface area contributed by atoms with Gasteiger partial charge >= 0.3 is 11.9 Å². The number of fused-ring (bicyclic) bond motifs is 2. The van der Waals surface area contributed by atoms with E-state index in [-0.39, 0.29) is 19.6 Å². The summed E-state index contributed by atoms with van der Waals surface area (Å²) in [5.41, 5.74) is 4.26. The molecule has 0 atom stereocenters. The van der Waals surface area contributed by atoms with Crippen molar-refractivity contribution in [3.8, 4) is 11.1 Å². The Morgan fingerprint density at radius 3 is 1.67 bits per heavy atom. The predicted molar refractivity (Wildman–Crippen MR) is 145 cm³/mol. The summed E-state index contributed by atoms with van der Waals surface area (Å²) in [6, 6.07) is 25.0. The Morgan fingerprint density at radius 1 is 0.694 bits per heavy atom. The van der Waals surface area contributed by atoms with Crippen LogP contribution in [-0.4, -0.2) is 44.1 Å². The van der Waals surface area contributed by atoms with Crippen LogP contribution in [0.4, 0.5) is 0 Å². The largest absolute Gasteiger partial charge is 0.465 e. The van der Waals surface area contributed by atoms with E-state index in [1.54, 1.807) is 13.8 Å². The second kappa shape index (κ2) is 11.4. The molecule has 0 N–H and O–H groups in total. The third-order valence-corrected chi connectivity index (χ3v) is 6.33. The van der Waals surface area contributed by atoms with Gasteiger partial charge in [0, 0.05) is 6.54 Å². The highest BCUT2D eigenvalue weighted by molar-refractivity contribution is 6.08. The Balaban J connectivity index is 2.01. The number of carbonyl (C=O) groups is 2. The molecule has 5 nitrogen and oxygen atoms in total. The van der Waals surface area contributed by atoms with Crippen molar-refractivity contribution >= 4 is 33.5 Å². The number of carbonyl (C=O) groups excluding carboxylic acids is 2. The summed E-state index contributed by atoms with van der Waals surface area (Å²) in [7, 11) is 4.11. The Hall–Kier alpha value is -3.70. The molecule has 4 aromatic carbocycles. The maximum absolute atomic E-state index is 12.9. The number of esters is 2. The van der Waals surface area contributed by atoms with Gasteiger partial charge in [-0.1, -0.05) is 72.8 Å². The molecule has 0 aliphatic rings. The van der Waals surface area contributed by atoms with Crippen LogP contribution in [0.3, 0.4) is 0 Å². The van der Waals surface area contributed by atoms with E-state index in [2.05, 4.69) is 67.5 Å². The molecular formula is C31H33NO4. The van der Waals surface area contributed by atoms with Crippen LogP contribution in [0.25, 0.3) is 32.7 Å². The van der Waals surface area contributed by atoms with Gasteiger partial charge in [0.05, 0.1) is 13.2 Å². The van der Waals surface area contributed by atoms with E-state index in [4.69, 9.17) is 9.47 Å². The number of rotatable bonds is 9. The van der Waals surface area contributed by atoms with Crippen LogP contribution in [-0.2, 0) is 32.0 Å². The monoisotopic (exact) mass is 483 g/mol. The SMILES string of the molecule is CCOC(=O)C(Cc1ccc2ccccc2c1-c1c(CN(C)C)ccc2ccccc12)C(=O)OCC. The number of nitrogens with zero attached hydrogens (tertiary/aromatic N) is 1. The van der Waals surface area contributed by atoms with Crippen LogP contribution in [0.1, 0.15) is 25.0 Å². The smallest absolute Gasteiger partial charge is 0.320 e. The zero-order valence-electron chi connectivity index (χ0n) is 21.4. The average molecular weight is 484 g/mol. The third-order valence-electron chi connectivity index (χ3n) is 6.33. The van der Waals surface area contributed by atoms with Gasteiger partial charge in [0.2, 0.25) is 0 Å². The molecule has 0 saturated heterocycles. The number of ether oxygens (including phenoxy) is 2. The van der Waals surface area contributed by atoms with E-state index < -0.39 is 17.9 Å². The van der Waals surface area contributed by atoms with Gasteiger partial charge in [-0.15, -0.1) is 0 Å². The zero-order valence-corrected chi connectivity index (χ0v) is 21.4. The highest BCUT2D eigenvalue weighted by Gasteiger charge is 2.31. The molecule has 0 spiro atoms. The maximum atomic E-state index is 12.9. The van der Waals surface area contributed by atoms with Gasteiger partial charge in [-0.05, 0) is 78.2 Å². The van der Waals surface area contributed by atoms with Gasteiger partial charge < -0.3 is 14.4 Å². The molecule has 0 aliphatic carbocycles. The van der Waals surface area contributed by atoms with Gasteiger partial charge in [0.25, 0.3) is 0 Å². The molecular weight excluding hydrogens is 450 g/mol. The van der Waals surface area contributed by atoms with Crippen molar-refractivity contribution in [2.45, 2.75) is 26.8 Å². The second-order valence-corrected chi connectivity index (χ2v) is 9.14. The molecule has 0 unspecified atom stereocenters. The summed E-state index contributed by atoms with van der Waals surface area (Å²) in [5, 5.41) is 4.46. The molecule has 0 aliphatic heterocycles. The summed E-state index contributed by atoms with van der Waals surface area (Å²) in [6.45, 7) is 4.64. The minimum absolute atomic E-state index is 0.197. The Kier molecular flexibility index (Phi) is 8.01. The van der Waals surface area contributed by atoms with Crippen molar-refractivity contribution in [2.75, 3.05) is 27.3 Å². The predicted octanol–water partition coefficient (Wildman–Crippen LogP) is 6.01. The van der Waals surface area contributed by atoms with Crippen molar-refractivity contribution in [1.29, 1.82) is 0 Å². The van der Waals surface area contributed by atoms with E-state index in [9.17, 15) is 9.59 Å². The Bertz CT molecular complexity index is 1370. The molecule has 0 saturated carbocycles. The standard InChI is InChI=1S/C31H33NO4/c1-5-35-30(33)27(31(34)36-6-2)19-23-17-15-21-11-7-9-13-25(21)28(23)29-24(20-32(3)4)18-16-22-12-8-10-14-26(22)29/h7-18,27H,5-6,19-20H2,1-4H3. The topological polar surface area (TPSA) is 55.8 Å². The van der Waals surface area contributed by atoms with Crippen LogP contribution >= 0.6 is 0 Å². The number of hydrogen-bond donors (Lipinski definition) is 0. The molecule has 0 fully saturated rings. The normalized spacial score (nSPS) is 11.4. The molecule has 0 radical (unpaired) electrons. The van der Waals surface area contributed by atoms with E-state index >= 15 is 0 Å². The molecule has 5 heteroatoms. The van der Waals surface area contributed by atoms with E-state index in [1.807, 2.05) is 24.3 Å². The molecule has 4 rings (SSSR count). The first-order chi connectivity index (χ1) is 17.4. The van der Waals surface area contributed by atoms with Crippen LogP contribution in [0.5, 0.6) is 0 Å². The molecule has 0 aromatic heterocycles. The quantitative estimate of drug-likeness (QED) is 0.216. The molecule has 4 aromatic rings. The molecule has 0 bridgehead atoms. The summed E-state index contributed by atoms with van der Waals surface area (Å²) in [6.07, 6.45) is 0.197. The zero-order chi connectivity index (χ0) is 25.7. The van der Waals surface area contributed by atoms with E-state index in [1.165, 1.54) is 5.56 Å². The molecule has 0 heterocycles. The minimum atomic E-state index is -1.03. The Labute approximate surface area is 212 Å². The summed E-state index contributed by atoms with van der Waals surface area (Å²) < 4.78 is 10.6. The van der Waals surface area contributed by atoms with Gasteiger partial charge in [-0.3, -0.25) is 9.59 Å². The van der Waals surface area contributed by atoms with E-state index in [0.717, 1.165) is 44.8 Å². The van der Waals surface area contributed by atoms with Crippen LogP contribution in [0.2, 0.25) is 0 Å². The van der Waals surface area contributed by atoms with Crippen molar-refractivity contribution in [3.63, 3.8) is 0 Å². The van der Waals surface area contributed by atoms with Crippen LogP contribution < -0.4 is 0 Å². The van der Waals surface area contributed by atoms with Crippen LogP contribution in [0.15, 0.2) is 72.8 Å². The first-order valence-electron chi connectivity index (χ1n) is 12.4. The average Bonchev–Trinajstić information content (AvgIpc) is 2.87. The van der Waals surface area contributed by atoms with E-state index in [0.29, 0.717) is 0 Å². The second-order valence-electron chi connectivity index (χ2n) is 9.14. The van der Waals surface area contributed by atoms with Gasteiger partial charge in [0.1, 0.15) is 0 Å². The fraction of sp³-hybridized carbons (Fsp3) is 0.290. The summed E-state index contributed by atoms with van der Waals surface area (Å²) >= 11 is 0. The lowest BCUT2D eigenvalue weighted by Gasteiger charge is -2.22. The first-order valence-corrected chi connectivity index (χ1v) is 12.4. The molecule has 0 amide bonds. The van der Waals surface area contributed by atoms with Gasteiger partial charge in [-0.25, -0.2) is 0 Å². The van der Waals surface area contributed by atoms with Crippen molar-refractivity contribution in [3.05, 3.63) is 83.9 Å². The lowest BCUT2D eigenvalue weighted by molar-refractivity contribution is -0.161. The first kappa shape index (κ1) is 25.4. The fourth-order valence-electron chi connectivity index (χ4n) is 4.83. The fourth-order valence-corrected chi connectivity index (χ4v) is 4.83. The molecule has 186 valence electrons. The lowest BCUT2D eigenvalue weighted by Crippen LogP contribution is -2.30. The Morgan fingerprint density at radius 2 is 1.17 bits per heavy atom. The van der Waals surface area contributed by atoms with Gasteiger partial charge in [-0.2, -0.15) is 0 Å². The number of benzene rings is 4. The third kappa shape index (κ3) is 5.26. The lowest BCUT2D eigenvalue weighted by atomic mass is 9.84. The highest BCUT2D eigenvalue weighted by atomic mass is 16.6. The van der Waals surface area contributed by atoms with Crippen LogP contribution in [0, 0.1) is 5.92 Å². The van der Waals surface area contributed by atoms with Crippen molar-refractivity contribution in [2.24, 2.45) is 5.92 Å². The molecule has 36 heavy (non-hydrogen) atoms. The van der Waals surface area contributed by atoms with Crippen molar-refractivity contribution in [1.82, 2.24) is 4.90 Å². The summed E-state index contributed by atoms with van der Waals surface area (Å²) in [4.78, 5) is 27.9. The minimum Gasteiger partial charge on any atom is -0.465 e. The maximum Gasteiger partial charge on any atom is 0.320 e.